The van der Waals surface area contributed by atoms with Crippen molar-refractivity contribution in [1.82, 2.24) is 0 Å². The van der Waals surface area contributed by atoms with Gasteiger partial charge in [-0.2, -0.15) is 0 Å². The molecule has 0 aromatic rings. The maximum atomic E-state index is 5.42. The molecule has 3 aliphatic carbocycles. The van der Waals surface area contributed by atoms with Crippen molar-refractivity contribution in [3.63, 3.8) is 0 Å². The van der Waals surface area contributed by atoms with E-state index in [2.05, 4.69) is 23.1 Å². The Balaban J connectivity index is 2.37. The van der Waals surface area contributed by atoms with Crippen molar-refractivity contribution in [3.8, 4) is 12.3 Å². The van der Waals surface area contributed by atoms with Crippen molar-refractivity contribution < 1.29 is 0 Å². The Labute approximate surface area is 79.9 Å². The molecule has 0 saturated heterocycles. The van der Waals surface area contributed by atoms with Gasteiger partial charge in [-0.3, -0.25) is 4.99 Å². The van der Waals surface area contributed by atoms with Gasteiger partial charge in [-0.25, -0.2) is 0 Å². The average molecular weight is 173 g/mol. The lowest BCUT2D eigenvalue weighted by molar-refractivity contribution is 0.357. The van der Waals surface area contributed by atoms with Crippen LogP contribution >= 0.6 is 0 Å². The van der Waals surface area contributed by atoms with E-state index in [0.717, 1.165) is 18.8 Å². The summed E-state index contributed by atoms with van der Waals surface area (Å²) in [5.41, 5.74) is 1.46. The number of nitrogens with zero attached hydrogens (tertiary/aromatic N) is 1. The number of fused-ring (bicyclic) bond motifs is 2. The van der Waals surface area contributed by atoms with E-state index in [4.69, 9.17) is 6.42 Å². The molecule has 0 spiro atoms. The first-order valence-electron chi connectivity index (χ1n) is 4.90. The van der Waals surface area contributed by atoms with Crippen LogP contribution in [0.5, 0.6) is 0 Å². The molecule has 2 atom stereocenters. The summed E-state index contributed by atoms with van der Waals surface area (Å²) in [5.74, 6) is 3.52. The summed E-state index contributed by atoms with van der Waals surface area (Å²) in [7, 11) is 1.89. The van der Waals surface area contributed by atoms with Gasteiger partial charge in [0.25, 0.3) is 0 Å². The van der Waals surface area contributed by atoms with E-state index in [0.29, 0.717) is 0 Å². The molecule has 0 aromatic heterocycles. The Morgan fingerprint density at radius 2 is 2.62 bits per heavy atom. The summed E-state index contributed by atoms with van der Waals surface area (Å²) in [4.78, 5) is 4.39. The van der Waals surface area contributed by atoms with Gasteiger partial charge in [0.05, 0.1) is 0 Å². The van der Waals surface area contributed by atoms with E-state index >= 15 is 0 Å². The fraction of sp³-hybridized carbons (Fsp3) is 0.583. The molecule has 1 nitrogen and oxygen atoms in total. The molecule has 0 amide bonds. The fourth-order valence-electron chi connectivity index (χ4n) is 2.55. The summed E-state index contributed by atoms with van der Waals surface area (Å²) in [6.45, 7) is 0. The molecule has 1 heteroatoms. The second kappa shape index (κ2) is 3.03. The summed E-state index contributed by atoms with van der Waals surface area (Å²) in [6, 6.07) is 0. The highest BCUT2D eigenvalue weighted by molar-refractivity contribution is 5.94. The van der Waals surface area contributed by atoms with Crippen molar-refractivity contribution in [2.24, 2.45) is 16.3 Å². The minimum absolute atomic E-state index is 0.137. The van der Waals surface area contributed by atoms with E-state index < -0.39 is 0 Å². The lowest BCUT2D eigenvalue weighted by Crippen LogP contribution is -2.38. The molecule has 0 heterocycles. The van der Waals surface area contributed by atoms with Gasteiger partial charge in [-0.05, 0) is 25.2 Å². The molecule has 0 aliphatic heterocycles. The molecule has 68 valence electrons. The molecular formula is C12H15N. The standard InChI is InChI=1S/C12H15N/c1-3-6-12-7-4-10(5-8-12)9-11(12)13-2/h1,4,7,10H,5-6,8-9H2,2H3. The average Bonchev–Trinajstić information content (AvgIpc) is 2.19. The predicted octanol–water partition coefficient (Wildman–Crippen LogP) is 2.44. The molecule has 3 rings (SSSR count). The fourth-order valence-corrected chi connectivity index (χ4v) is 2.55. The molecular weight excluding hydrogens is 158 g/mol. The van der Waals surface area contributed by atoms with Crippen LogP contribution in [0.25, 0.3) is 0 Å². The SMILES string of the molecule is C#CCC12C=CC(CC1)CC2=NC. The highest BCUT2D eigenvalue weighted by Gasteiger charge is 2.40. The third-order valence-electron chi connectivity index (χ3n) is 3.37. The third-order valence-corrected chi connectivity index (χ3v) is 3.37. The van der Waals surface area contributed by atoms with E-state index in [1.165, 1.54) is 18.6 Å². The van der Waals surface area contributed by atoms with Gasteiger partial charge in [-0.1, -0.05) is 12.2 Å². The molecule has 2 bridgehead atoms. The van der Waals surface area contributed by atoms with Gasteiger partial charge in [0, 0.05) is 24.6 Å². The first-order chi connectivity index (χ1) is 6.30. The monoisotopic (exact) mass is 173 g/mol. The first kappa shape index (κ1) is 8.56. The molecule has 3 aliphatic rings. The zero-order valence-electron chi connectivity index (χ0n) is 8.09. The summed E-state index contributed by atoms with van der Waals surface area (Å²) >= 11 is 0. The van der Waals surface area contributed by atoms with E-state index in [1.54, 1.807) is 0 Å². The molecule has 0 aromatic carbocycles. The van der Waals surface area contributed by atoms with Gasteiger partial charge >= 0.3 is 0 Å². The van der Waals surface area contributed by atoms with E-state index in [9.17, 15) is 0 Å². The molecule has 0 N–H and O–H groups in total. The van der Waals surface area contributed by atoms with Crippen molar-refractivity contribution in [2.45, 2.75) is 25.7 Å². The summed E-state index contributed by atoms with van der Waals surface area (Å²) < 4.78 is 0. The molecule has 2 unspecified atom stereocenters. The number of allylic oxidation sites excluding steroid dienone is 2. The highest BCUT2D eigenvalue weighted by Crippen LogP contribution is 2.45. The smallest absolute Gasteiger partial charge is 0.0371 e. The van der Waals surface area contributed by atoms with Crippen molar-refractivity contribution >= 4 is 5.71 Å². The van der Waals surface area contributed by atoms with E-state index in [1.807, 2.05) is 7.05 Å². The number of rotatable bonds is 1. The zero-order valence-corrected chi connectivity index (χ0v) is 8.09. The van der Waals surface area contributed by atoms with Crippen LogP contribution in [0, 0.1) is 23.7 Å². The molecule has 13 heavy (non-hydrogen) atoms. The minimum atomic E-state index is 0.137. The van der Waals surface area contributed by atoms with Crippen LogP contribution in [0.3, 0.4) is 0 Å². The minimum Gasteiger partial charge on any atom is -0.296 e. The highest BCUT2D eigenvalue weighted by atomic mass is 14.7. The van der Waals surface area contributed by atoms with Gasteiger partial charge in [0.1, 0.15) is 0 Å². The number of terminal acetylenes is 1. The van der Waals surface area contributed by atoms with Crippen LogP contribution in [0.4, 0.5) is 0 Å². The number of aliphatic imine (C=N–C) groups is 1. The molecule has 1 fully saturated rings. The van der Waals surface area contributed by atoms with Crippen LogP contribution < -0.4 is 0 Å². The Bertz CT molecular complexity index is 306. The Kier molecular flexibility index (Phi) is 2.00. The van der Waals surface area contributed by atoms with Crippen molar-refractivity contribution in [1.29, 1.82) is 0 Å². The summed E-state index contributed by atoms with van der Waals surface area (Å²) in [6.07, 6.45) is 14.5. The van der Waals surface area contributed by atoms with Gasteiger partial charge < -0.3 is 0 Å². The van der Waals surface area contributed by atoms with Crippen molar-refractivity contribution in [2.75, 3.05) is 7.05 Å². The van der Waals surface area contributed by atoms with Crippen molar-refractivity contribution in [3.05, 3.63) is 12.2 Å². The van der Waals surface area contributed by atoms with Crippen LogP contribution in [-0.2, 0) is 0 Å². The normalized spacial score (nSPS) is 39.4. The Morgan fingerprint density at radius 1 is 1.77 bits per heavy atom. The van der Waals surface area contributed by atoms with Crippen LogP contribution in [0.15, 0.2) is 17.1 Å². The quantitative estimate of drug-likeness (QED) is 0.426. The second-order valence-corrected chi connectivity index (χ2v) is 4.07. The predicted molar refractivity (Wildman–Crippen MR) is 55.7 cm³/mol. The number of hydrogen-bond donors (Lipinski definition) is 0. The molecule has 0 radical (unpaired) electrons. The Hall–Kier alpha value is -1.03. The Morgan fingerprint density at radius 3 is 3.15 bits per heavy atom. The van der Waals surface area contributed by atoms with Crippen LogP contribution in [-0.4, -0.2) is 12.8 Å². The lowest BCUT2D eigenvalue weighted by Gasteiger charge is -2.42. The maximum Gasteiger partial charge on any atom is 0.0371 e. The van der Waals surface area contributed by atoms with Gasteiger partial charge in [0.15, 0.2) is 0 Å². The molecule has 1 saturated carbocycles. The van der Waals surface area contributed by atoms with Crippen LogP contribution in [0.1, 0.15) is 25.7 Å². The summed E-state index contributed by atoms with van der Waals surface area (Å²) in [5, 5.41) is 0. The lowest BCUT2D eigenvalue weighted by atomic mass is 9.62. The van der Waals surface area contributed by atoms with Gasteiger partial charge in [0.2, 0.25) is 0 Å². The zero-order chi connectivity index (χ0) is 9.31. The van der Waals surface area contributed by atoms with E-state index in [-0.39, 0.29) is 5.41 Å². The maximum absolute atomic E-state index is 5.42. The van der Waals surface area contributed by atoms with Gasteiger partial charge in [-0.15, -0.1) is 12.3 Å². The largest absolute Gasteiger partial charge is 0.296 e. The van der Waals surface area contributed by atoms with Crippen LogP contribution in [0.2, 0.25) is 0 Å². The second-order valence-electron chi connectivity index (χ2n) is 4.07. The topological polar surface area (TPSA) is 12.4 Å². The first-order valence-corrected chi connectivity index (χ1v) is 4.90. The number of hydrogen-bond acceptors (Lipinski definition) is 1. The third kappa shape index (κ3) is 1.21.